The molecule has 4 nitrogen and oxygen atoms in total. The Balaban J connectivity index is 2.10. The van der Waals surface area contributed by atoms with E-state index in [9.17, 15) is 10.1 Å². The van der Waals surface area contributed by atoms with Gasteiger partial charge in [0.2, 0.25) is 0 Å². The Morgan fingerprint density at radius 3 is 2.52 bits per heavy atom. The number of rotatable bonds is 5. The maximum Gasteiger partial charge on any atom is 0.273 e. The van der Waals surface area contributed by atoms with Crippen LogP contribution in [0.3, 0.4) is 0 Å². The molecule has 0 unspecified atom stereocenters. The molecule has 1 aromatic rings. The molecule has 21 heavy (non-hydrogen) atoms. The molecule has 0 radical (unpaired) electrons. The predicted molar refractivity (Wildman–Crippen MR) is 87.6 cm³/mol. The molecular weight excluding hydrogens is 310 g/mol. The monoisotopic (exact) mass is 329 g/mol. The number of benzene rings is 1. The maximum absolute atomic E-state index is 10.8. The van der Waals surface area contributed by atoms with Crippen LogP contribution in [0.25, 0.3) is 0 Å². The van der Waals surface area contributed by atoms with E-state index < -0.39 is 4.92 Å². The Morgan fingerprint density at radius 2 is 1.95 bits per heavy atom. The van der Waals surface area contributed by atoms with E-state index in [1.54, 1.807) is 0 Å². The van der Waals surface area contributed by atoms with E-state index in [2.05, 4.69) is 12.6 Å². The van der Waals surface area contributed by atoms with Crippen molar-refractivity contribution in [1.82, 2.24) is 0 Å². The van der Waals surface area contributed by atoms with Crippen molar-refractivity contribution in [3.8, 4) is 5.75 Å². The molecule has 1 fully saturated rings. The second-order valence-electron chi connectivity index (χ2n) is 5.73. The molecular formula is C15H20ClNO3S. The molecule has 116 valence electrons. The number of nitro benzene ring substituents is 1. The van der Waals surface area contributed by atoms with E-state index in [4.69, 9.17) is 16.3 Å². The fraction of sp³-hybridized carbons (Fsp3) is 0.600. The minimum atomic E-state index is -0.441. The molecule has 0 saturated heterocycles. The van der Waals surface area contributed by atoms with Crippen LogP contribution in [0.2, 0.25) is 5.02 Å². The first-order valence-electron chi connectivity index (χ1n) is 7.24. The van der Waals surface area contributed by atoms with E-state index in [0.29, 0.717) is 17.4 Å². The Morgan fingerprint density at radius 1 is 1.29 bits per heavy atom. The first-order valence-corrected chi connectivity index (χ1v) is 8.25. The third kappa shape index (κ3) is 4.27. The van der Waals surface area contributed by atoms with Gasteiger partial charge in [-0.25, -0.2) is 0 Å². The maximum atomic E-state index is 10.8. The summed E-state index contributed by atoms with van der Waals surface area (Å²) in [6, 6.07) is 4.29. The van der Waals surface area contributed by atoms with E-state index in [0.717, 1.165) is 18.6 Å². The minimum absolute atomic E-state index is 0.00445. The molecule has 0 heterocycles. The van der Waals surface area contributed by atoms with E-state index in [1.807, 2.05) is 0 Å². The van der Waals surface area contributed by atoms with Crippen LogP contribution in [0.4, 0.5) is 5.69 Å². The molecule has 2 rings (SSSR count). The van der Waals surface area contributed by atoms with Gasteiger partial charge >= 0.3 is 0 Å². The number of ether oxygens (including phenoxy) is 1. The van der Waals surface area contributed by atoms with Gasteiger partial charge in [-0.3, -0.25) is 10.1 Å². The van der Waals surface area contributed by atoms with Gasteiger partial charge in [0.25, 0.3) is 5.69 Å². The van der Waals surface area contributed by atoms with Gasteiger partial charge < -0.3 is 4.74 Å². The molecule has 0 spiro atoms. The van der Waals surface area contributed by atoms with Crippen molar-refractivity contribution in [2.24, 2.45) is 5.41 Å². The Hall–Kier alpha value is -0.940. The zero-order valence-electron chi connectivity index (χ0n) is 11.9. The smallest absolute Gasteiger partial charge is 0.273 e. The number of nitrogens with zero attached hydrogens (tertiary/aromatic N) is 1. The highest BCUT2D eigenvalue weighted by Gasteiger charge is 2.31. The van der Waals surface area contributed by atoms with Gasteiger partial charge in [-0.15, -0.1) is 0 Å². The zero-order chi connectivity index (χ0) is 15.3. The second kappa shape index (κ2) is 7.36. The zero-order valence-corrected chi connectivity index (χ0v) is 13.5. The van der Waals surface area contributed by atoms with Gasteiger partial charge in [-0.05, 0) is 24.7 Å². The van der Waals surface area contributed by atoms with Crippen molar-refractivity contribution >= 4 is 29.9 Å². The summed E-state index contributed by atoms with van der Waals surface area (Å²) < 4.78 is 5.83. The molecule has 1 saturated carbocycles. The Bertz CT molecular complexity index is 502. The fourth-order valence-corrected chi connectivity index (χ4v) is 3.35. The predicted octanol–water partition coefficient (Wildman–Crippen LogP) is 4.90. The third-order valence-electron chi connectivity index (χ3n) is 4.16. The normalized spacial score (nSPS) is 18.0. The Kier molecular flexibility index (Phi) is 5.76. The summed E-state index contributed by atoms with van der Waals surface area (Å²) in [6.07, 6.45) is 7.06. The summed E-state index contributed by atoms with van der Waals surface area (Å²) in [5.41, 5.74) is 0.0447. The van der Waals surface area contributed by atoms with E-state index in [-0.39, 0.29) is 11.1 Å². The molecule has 0 aromatic heterocycles. The lowest BCUT2D eigenvalue weighted by Gasteiger charge is -2.31. The van der Waals surface area contributed by atoms with Gasteiger partial charge in [0.15, 0.2) is 0 Å². The van der Waals surface area contributed by atoms with Crippen LogP contribution in [0, 0.1) is 15.5 Å². The first-order chi connectivity index (χ1) is 10.1. The topological polar surface area (TPSA) is 52.4 Å². The van der Waals surface area contributed by atoms with Crippen molar-refractivity contribution in [3.63, 3.8) is 0 Å². The van der Waals surface area contributed by atoms with E-state index >= 15 is 0 Å². The van der Waals surface area contributed by atoms with Gasteiger partial charge in [0.1, 0.15) is 5.75 Å². The SMILES string of the molecule is O=[N+]([O-])c1ccc(Cl)c(OCC2(CS)CCCCCC2)c1. The molecule has 6 heteroatoms. The quantitative estimate of drug-likeness (QED) is 0.362. The van der Waals surface area contributed by atoms with Crippen molar-refractivity contribution in [2.75, 3.05) is 12.4 Å². The number of halogens is 1. The number of hydrogen-bond donors (Lipinski definition) is 1. The molecule has 1 aromatic carbocycles. The highest BCUT2D eigenvalue weighted by atomic mass is 35.5. The average molecular weight is 330 g/mol. The summed E-state index contributed by atoms with van der Waals surface area (Å²) in [6.45, 7) is 0.511. The molecule has 0 N–H and O–H groups in total. The van der Waals surface area contributed by atoms with Gasteiger partial charge in [0.05, 0.1) is 22.6 Å². The fourth-order valence-electron chi connectivity index (χ4n) is 2.77. The Labute approximate surface area is 135 Å². The molecule has 0 amide bonds. The molecule has 1 aliphatic carbocycles. The van der Waals surface area contributed by atoms with Crippen LogP contribution in [0.5, 0.6) is 5.75 Å². The molecule has 1 aliphatic rings. The summed E-state index contributed by atoms with van der Waals surface area (Å²) in [7, 11) is 0. The summed E-state index contributed by atoms with van der Waals surface area (Å²) in [5, 5.41) is 11.2. The summed E-state index contributed by atoms with van der Waals surface area (Å²) in [4.78, 5) is 10.4. The summed E-state index contributed by atoms with van der Waals surface area (Å²) in [5.74, 6) is 1.15. The van der Waals surface area contributed by atoms with E-state index in [1.165, 1.54) is 43.9 Å². The summed E-state index contributed by atoms with van der Waals surface area (Å²) >= 11 is 10.6. The highest BCUT2D eigenvalue weighted by molar-refractivity contribution is 7.80. The number of hydrogen-bond acceptors (Lipinski definition) is 4. The standard InChI is InChI=1S/C15H20ClNO3S/c16-13-6-5-12(17(18)19)9-14(13)20-10-15(11-21)7-3-1-2-4-8-15/h5-6,9,21H,1-4,7-8,10-11H2. The molecule has 0 aliphatic heterocycles. The van der Waals surface area contributed by atoms with Crippen LogP contribution in [0.1, 0.15) is 38.5 Å². The van der Waals surface area contributed by atoms with Crippen LogP contribution in [-0.2, 0) is 0 Å². The van der Waals surface area contributed by atoms with Crippen molar-refractivity contribution in [1.29, 1.82) is 0 Å². The number of non-ortho nitro benzene ring substituents is 1. The van der Waals surface area contributed by atoms with Crippen LogP contribution < -0.4 is 4.74 Å². The average Bonchev–Trinajstić information content (AvgIpc) is 2.72. The van der Waals surface area contributed by atoms with Crippen molar-refractivity contribution in [2.45, 2.75) is 38.5 Å². The largest absolute Gasteiger partial charge is 0.491 e. The van der Waals surface area contributed by atoms with Crippen LogP contribution >= 0.6 is 24.2 Å². The second-order valence-corrected chi connectivity index (χ2v) is 6.46. The number of thiol groups is 1. The van der Waals surface area contributed by atoms with Gasteiger partial charge in [0, 0.05) is 11.5 Å². The minimum Gasteiger partial charge on any atom is -0.491 e. The molecule has 0 atom stereocenters. The first kappa shape index (κ1) is 16.4. The highest BCUT2D eigenvalue weighted by Crippen LogP contribution is 2.38. The third-order valence-corrected chi connectivity index (χ3v) is 5.14. The lowest BCUT2D eigenvalue weighted by molar-refractivity contribution is -0.384. The van der Waals surface area contributed by atoms with Crippen LogP contribution in [-0.4, -0.2) is 17.3 Å². The number of nitro groups is 1. The van der Waals surface area contributed by atoms with Crippen molar-refractivity contribution < 1.29 is 9.66 Å². The molecule has 0 bridgehead atoms. The van der Waals surface area contributed by atoms with Crippen molar-refractivity contribution in [3.05, 3.63) is 33.3 Å². The lowest BCUT2D eigenvalue weighted by atomic mass is 9.83. The van der Waals surface area contributed by atoms with Gasteiger partial charge in [-0.1, -0.05) is 37.3 Å². The van der Waals surface area contributed by atoms with Crippen LogP contribution in [0.15, 0.2) is 18.2 Å². The lowest BCUT2D eigenvalue weighted by Crippen LogP contribution is -2.30. The van der Waals surface area contributed by atoms with Gasteiger partial charge in [-0.2, -0.15) is 12.6 Å².